The number of ether oxygens (including phenoxy) is 3. The minimum Gasteiger partial charge on any atom is -0.497 e. The summed E-state index contributed by atoms with van der Waals surface area (Å²) in [6.07, 6.45) is 1.39. The number of aliphatic carboxylic acids is 1. The predicted octanol–water partition coefficient (Wildman–Crippen LogP) is 2.71. The molecule has 0 aromatic heterocycles. The molecular formula is C20H18N2O6. The Morgan fingerprint density at radius 1 is 1.11 bits per heavy atom. The lowest BCUT2D eigenvalue weighted by atomic mass is 10.1. The number of nitrogens with one attached hydrogen (secondary N) is 1. The number of methoxy groups -OCH3 is 2. The largest absolute Gasteiger partial charge is 0.497 e. The van der Waals surface area contributed by atoms with Crippen LogP contribution >= 0.6 is 0 Å². The third-order valence-corrected chi connectivity index (χ3v) is 3.56. The third-order valence-electron chi connectivity index (χ3n) is 3.56. The zero-order valence-electron chi connectivity index (χ0n) is 15.3. The number of benzene rings is 2. The Morgan fingerprint density at radius 3 is 2.39 bits per heavy atom. The number of hydrogen-bond acceptors (Lipinski definition) is 6. The molecule has 0 aliphatic carbocycles. The van der Waals surface area contributed by atoms with Crippen molar-refractivity contribution in [1.82, 2.24) is 0 Å². The van der Waals surface area contributed by atoms with Gasteiger partial charge in [0.05, 0.1) is 14.2 Å². The maximum atomic E-state index is 12.3. The Labute approximate surface area is 161 Å². The van der Waals surface area contributed by atoms with Crippen LogP contribution in [0.1, 0.15) is 5.56 Å². The molecule has 0 heterocycles. The second-order valence-corrected chi connectivity index (χ2v) is 5.45. The molecule has 2 N–H and O–H groups in total. The third kappa shape index (κ3) is 5.51. The first-order valence-corrected chi connectivity index (χ1v) is 8.06. The summed E-state index contributed by atoms with van der Waals surface area (Å²) >= 11 is 0. The Bertz CT molecular complexity index is 929. The number of carboxylic acids is 1. The molecule has 0 unspecified atom stereocenters. The minimum absolute atomic E-state index is 0.114. The van der Waals surface area contributed by atoms with Crippen LogP contribution in [0.4, 0.5) is 5.69 Å². The summed E-state index contributed by atoms with van der Waals surface area (Å²) in [6.45, 7) is -0.515. The number of carbonyl (C=O) groups is 2. The zero-order chi connectivity index (χ0) is 20.5. The number of amides is 1. The van der Waals surface area contributed by atoms with Gasteiger partial charge in [0, 0.05) is 5.69 Å². The van der Waals surface area contributed by atoms with Crippen LogP contribution in [0.2, 0.25) is 0 Å². The highest BCUT2D eigenvalue weighted by Crippen LogP contribution is 2.29. The van der Waals surface area contributed by atoms with Gasteiger partial charge in [-0.2, -0.15) is 5.26 Å². The van der Waals surface area contributed by atoms with E-state index >= 15 is 0 Å². The quantitative estimate of drug-likeness (QED) is 0.532. The molecule has 0 aliphatic heterocycles. The van der Waals surface area contributed by atoms with Crippen LogP contribution in [0.3, 0.4) is 0 Å². The van der Waals surface area contributed by atoms with E-state index in [1.165, 1.54) is 32.4 Å². The van der Waals surface area contributed by atoms with Crippen LogP contribution < -0.4 is 19.5 Å². The number of carbonyl (C=O) groups excluding carboxylic acids is 1. The Balaban J connectivity index is 2.18. The molecule has 0 spiro atoms. The highest BCUT2D eigenvalue weighted by atomic mass is 16.5. The average molecular weight is 382 g/mol. The van der Waals surface area contributed by atoms with Crippen LogP contribution in [-0.4, -0.2) is 37.8 Å². The van der Waals surface area contributed by atoms with Crippen LogP contribution in [0.15, 0.2) is 48.0 Å². The molecule has 0 fully saturated rings. The fraction of sp³-hybridized carbons (Fsp3) is 0.150. The van der Waals surface area contributed by atoms with E-state index in [2.05, 4.69) is 5.32 Å². The summed E-state index contributed by atoms with van der Waals surface area (Å²) < 4.78 is 15.3. The molecule has 8 heteroatoms. The average Bonchev–Trinajstić information content (AvgIpc) is 2.71. The first-order chi connectivity index (χ1) is 13.5. The summed E-state index contributed by atoms with van der Waals surface area (Å²) in [5.41, 5.74) is 0.917. The van der Waals surface area contributed by atoms with Crippen LogP contribution in [0, 0.1) is 11.3 Å². The van der Waals surface area contributed by atoms with Gasteiger partial charge in [0.25, 0.3) is 5.91 Å². The molecular weight excluding hydrogens is 364 g/mol. The lowest BCUT2D eigenvalue weighted by Crippen LogP contribution is -2.13. The number of nitriles is 1. The summed E-state index contributed by atoms with van der Waals surface area (Å²) in [5, 5.41) is 20.6. The van der Waals surface area contributed by atoms with Crippen molar-refractivity contribution in [3.8, 4) is 23.3 Å². The number of anilines is 1. The van der Waals surface area contributed by atoms with E-state index in [0.29, 0.717) is 17.0 Å². The molecule has 2 aromatic carbocycles. The molecule has 0 atom stereocenters. The highest BCUT2D eigenvalue weighted by Gasteiger charge is 2.12. The summed E-state index contributed by atoms with van der Waals surface area (Å²) in [5.74, 6) is -0.525. The molecule has 1 amide bonds. The fourth-order valence-electron chi connectivity index (χ4n) is 2.22. The van der Waals surface area contributed by atoms with Gasteiger partial charge in [-0.1, -0.05) is 6.07 Å². The second kappa shape index (κ2) is 9.64. The summed E-state index contributed by atoms with van der Waals surface area (Å²) in [4.78, 5) is 23.0. The number of rotatable bonds is 8. The summed E-state index contributed by atoms with van der Waals surface area (Å²) in [7, 11) is 2.94. The smallest absolute Gasteiger partial charge is 0.341 e. The van der Waals surface area contributed by atoms with Crippen molar-refractivity contribution >= 4 is 23.6 Å². The van der Waals surface area contributed by atoms with E-state index in [4.69, 9.17) is 19.3 Å². The minimum atomic E-state index is -1.12. The Hall–Kier alpha value is -3.99. The molecule has 8 nitrogen and oxygen atoms in total. The van der Waals surface area contributed by atoms with E-state index in [1.54, 1.807) is 30.3 Å². The molecule has 144 valence electrons. The van der Waals surface area contributed by atoms with Gasteiger partial charge in [-0.15, -0.1) is 0 Å². The Morgan fingerprint density at radius 2 is 1.82 bits per heavy atom. The Kier molecular flexibility index (Phi) is 6.99. The molecule has 0 radical (unpaired) electrons. The van der Waals surface area contributed by atoms with Crippen LogP contribution in [0.5, 0.6) is 17.2 Å². The molecule has 0 aliphatic rings. The molecule has 0 saturated carbocycles. The number of hydrogen-bond donors (Lipinski definition) is 2. The van der Waals surface area contributed by atoms with Gasteiger partial charge in [-0.3, -0.25) is 4.79 Å². The molecule has 2 rings (SSSR count). The van der Waals surface area contributed by atoms with Gasteiger partial charge < -0.3 is 24.6 Å². The van der Waals surface area contributed by atoms with Gasteiger partial charge in [0.15, 0.2) is 18.1 Å². The lowest BCUT2D eigenvalue weighted by Gasteiger charge is -2.10. The van der Waals surface area contributed by atoms with Gasteiger partial charge in [-0.25, -0.2) is 4.79 Å². The van der Waals surface area contributed by atoms with E-state index in [0.717, 1.165) is 0 Å². The van der Waals surface area contributed by atoms with Crippen molar-refractivity contribution in [3.63, 3.8) is 0 Å². The van der Waals surface area contributed by atoms with E-state index in [1.807, 2.05) is 6.07 Å². The van der Waals surface area contributed by atoms with Gasteiger partial charge in [-0.05, 0) is 48.0 Å². The standard InChI is InChI=1S/C20H18N2O6/c1-26-16-6-4-15(5-7-16)22-20(25)14(11-21)9-13-3-8-17(18(10-13)27-2)28-12-19(23)24/h3-10H,12H2,1-2H3,(H,22,25)(H,23,24)/b14-9+. The van der Waals surface area contributed by atoms with Gasteiger partial charge >= 0.3 is 5.97 Å². The predicted molar refractivity (Wildman–Crippen MR) is 101 cm³/mol. The van der Waals surface area contributed by atoms with Gasteiger partial charge in [0.1, 0.15) is 17.4 Å². The van der Waals surface area contributed by atoms with Crippen LogP contribution in [-0.2, 0) is 9.59 Å². The van der Waals surface area contributed by atoms with Crippen molar-refractivity contribution < 1.29 is 28.9 Å². The zero-order valence-corrected chi connectivity index (χ0v) is 15.3. The van der Waals surface area contributed by atoms with Crippen molar-refractivity contribution in [3.05, 3.63) is 53.6 Å². The summed E-state index contributed by atoms with van der Waals surface area (Å²) in [6, 6.07) is 13.2. The normalized spacial score (nSPS) is 10.5. The maximum absolute atomic E-state index is 12.3. The van der Waals surface area contributed by atoms with Crippen molar-refractivity contribution in [2.75, 3.05) is 26.1 Å². The monoisotopic (exact) mass is 382 g/mol. The van der Waals surface area contributed by atoms with Gasteiger partial charge in [0.2, 0.25) is 0 Å². The topological polar surface area (TPSA) is 118 Å². The molecule has 2 aromatic rings. The van der Waals surface area contributed by atoms with E-state index in [-0.39, 0.29) is 17.1 Å². The first-order valence-electron chi connectivity index (χ1n) is 8.06. The maximum Gasteiger partial charge on any atom is 0.341 e. The SMILES string of the molecule is COc1ccc(NC(=O)/C(C#N)=C/c2ccc(OCC(=O)O)c(OC)c2)cc1. The van der Waals surface area contributed by atoms with E-state index in [9.17, 15) is 14.9 Å². The molecule has 0 bridgehead atoms. The van der Waals surface area contributed by atoms with E-state index < -0.39 is 18.5 Å². The number of nitrogens with zero attached hydrogens (tertiary/aromatic N) is 1. The van der Waals surface area contributed by atoms with Crippen molar-refractivity contribution in [1.29, 1.82) is 5.26 Å². The van der Waals surface area contributed by atoms with Crippen molar-refractivity contribution in [2.45, 2.75) is 0 Å². The van der Waals surface area contributed by atoms with Crippen LogP contribution in [0.25, 0.3) is 6.08 Å². The second-order valence-electron chi connectivity index (χ2n) is 5.45. The fourth-order valence-corrected chi connectivity index (χ4v) is 2.22. The number of carboxylic acid groups (broad SMARTS) is 1. The highest BCUT2D eigenvalue weighted by molar-refractivity contribution is 6.09. The molecule has 28 heavy (non-hydrogen) atoms. The van der Waals surface area contributed by atoms with Crippen molar-refractivity contribution in [2.24, 2.45) is 0 Å². The first kappa shape index (κ1) is 20.3. The molecule has 0 saturated heterocycles. The lowest BCUT2D eigenvalue weighted by molar-refractivity contribution is -0.139.